The second kappa shape index (κ2) is 12.5. The number of ether oxygens (including phenoxy) is 1. The molecule has 1 atom stereocenters. The summed E-state index contributed by atoms with van der Waals surface area (Å²) in [6, 6.07) is 12.7. The normalized spacial score (nSPS) is 22.1. The van der Waals surface area contributed by atoms with Gasteiger partial charge in [0.05, 0.1) is 27.6 Å². The molecular formula is C31H39ClN4O4. The van der Waals surface area contributed by atoms with Gasteiger partial charge in [-0.05, 0) is 75.8 Å². The number of nitrogens with zero attached hydrogens (tertiary/aromatic N) is 2. The summed E-state index contributed by atoms with van der Waals surface area (Å²) in [5.41, 5.74) is 1.49. The summed E-state index contributed by atoms with van der Waals surface area (Å²) in [7, 11) is 0. The second-order valence-corrected chi connectivity index (χ2v) is 11.7. The van der Waals surface area contributed by atoms with Crippen molar-refractivity contribution >= 4 is 35.0 Å². The lowest BCUT2D eigenvalue weighted by Gasteiger charge is -2.41. The monoisotopic (exact) mass is 566 g/mol. The smallest absolute Gasteiger partial charge is 0.255 e. The maximum atomic E-state index is 13.7. The Bertz CT molecular complexity index is 1240. The maximum Gasteiger partial charge on any atom is 0.255 e. The molecule has 0 saturated carbocycles. The Morgan fingerprint density at radius 3 is 2.50 bits per heavy atom. The average molecular weight is 567 g/mol. The Kier molecular flexibility index (Phi) is 8.84. The van der Waals surface area contributed by atoms with Gasteiger partial charge >= 0.3 is 0 Å². The van der Waals surface area contributed by atoms with Crippen molar-refractivity contribution in [3.8, 4) is 5.75 Å². The molecule has 2 aromatic rings. The number of para-hydroxylation sites is 1. The highest BCUT2D eigenvalue weighted by molar-refractivity contribution is 6.34. The number of hydrogen-bond acceptors (Lipinski definition) is 5. The predicted molar refractivity (Wildman–Crippen MR) is 156 cm³/mol. The van der Waals surface area contributed by atoms with Crippen molar-refractivity contribution in [1.29, 1.82) is 0 Å². The van der Waals surface area contributed by atoms with Crippen molar-refractivity contribution in [2.24, 2.45) is 5.41 Å². The van der Waals surface area contributed by atoms with Gasteiger partial charge in [-0.3, -0.25) is 14.4 Å². The summed E-state index contributed by atoms with van der Waals surface area (Å²) in [6.45, 7) is 5.66. The SMILES string of the molecule is C[C@@H]1COc2ccccc2C(=O)NCCCCC2(CCN(C(=O)c3cc(N4CCCC4)ccc3Cl)CC2)C(=O)N1. The van der Waals surface area contributed by atoms with Crippen LogP contribution in [0.5, 0.6) is 5.75 Å². The number of benzene rings is 2. The van der Waals surface area contributed by atoms with E-state index in [1.54, 1.807) is 12.1 Å². The molecule has 0 aromatic heterocycles. The third-order valence-electron chi connectivity index (χ3n) is 8.51. The summed E-state index contributed by atoms with van der Waals surface area (Å²) in [5, 5.41) is 6.61. The summed E-state index contributed by atoms with van der Waals surface area (Å²) < 4.78 is 5.95. The highest BCUT2D eigenvalue weighted by Crippen LogP contribution is 2.38. The first-order chi connectivity index (χ1) is 19.4. The lowest BCUT2D eigenvalue weighted by molar-refractivity contribution is -0.135. The molecule has 5 rings (SSSR count). The van der Waals surface area contributed by atoms with Gasteiger partial charge in [-0.2, -0.15) is 0 Å². The number of nitrogens with one attached hydrogen (secondary N) is 2. The van der Waals surface area contributed by atoms with Crippen LogP contribution in [0, 0.1) is 5.41 Å². The maximum absolute atomic E-state index is 13.7. The van der Waals surface area contributed by atoms with Gasteiger partial charge in [0, 0.05) is 38.4 Å². The Labute approximate surface area is 241 Å². The molecule has 0 unspecified atom stereocenters. The Morgan fingerprint density at radius 2 is 1.73 bits per heavy atom. The van der Waals surface area contributed by atoms with Crippen LogP contribution in [0.2, 0.25) is 5.02 Å². The molecule has 3 aliphatic heterocycles. The topological polar surface area (TPSA) is 91.0 Å². The summed E-state index contributed by atoms with van der Waals surface area (Å²) in [6.07, 6.45) is 5.75. The van der Waals surface area contributed by atoms with Crippen LogP contribution in [0.15, 0.2) is 42.5 Å². The van der Waals surface area contributed by atoms with E-state index < -0.39 is 5.41 Å². The highest BCUT2D eigenvalue weighted by atomic mass is 35.5. The van der Waals surface area contributed by atoms with E-state index in [1.807, 2.05) is 42.2 Å². The molecule has 3 amide bonds. The number of halogens is 1. The van der Waals surface area contributed by atoms with Crippen LogP contribution >= 0.6 is 11.6 Å². The van der Waals surface area contributed by atoms with Crippen molar-refractivity contribution in [3.63, 3.8) is 0 Å². The van der Waals surface area contributed by atoms with Crippen LogP contribution in [0.25, 0.3) is 0 Å². The van der Waals surface area contributed by atoms with Crippen LogP contribution in [0.4, 0.5) is 5.69 Å². The largest absolute Gasteiger partial charge is 0.491 e. The fraction of sp³-hybridized carbons (Fsp3) is 0.516. The zero-order valence-electron chi connectivity index (χ0n) is 23.2. The van der Waals surface area contributed by atoms with E-state index >= 15 is 0 Å². The molecule has 8 nitrogen and oxygen atoms in total. The fourth-order valence-electron chi connectivity index (χ4n) is 6.05. The van der Waals surface area contributed by atoms with Crippen molar-refractivity contribution in [2.45, 2.75) is 57.9 Å². The lowest BCUT2D eigenvalue weighted by atomic mass is 9.73. The summed E-state index contributed by atoms with van der Waals surface area (Å²) in [4.78, 5) is 44.1. The number of carbonyl (C=O) groups excluding carboxylic acids is 3. The molecule has 1 spiro atoms. The lowest BCUT2D eigenvalue weighted by Crippen LogP contribution is -2.52. The van der Waals surface area contributed by atoms with E-state index in [4.69, 9.17) is 16.3 Å². The van der Waals surface area contributed by atoms with Gasteiger partial charge in [0.1, 0.15) is 12.4 Å². The molecule has 0 aliphatic carbocycles. The minimum atomic E-state index is -0.571. The fourth-order valence-corrected chi connectivity index (χ4v) is 6.25. The standard InChI is InChI=1S/C31H39ClN4O4/c1-22-21-40-27-9-3-2-8-24(27)28(37)33-15-5-4-12-31(30(39)34-22)13-18-36(19-14-31)29(38)25-20-23(10-11-26(25)32)35-16-6-7-17-35/h2-3,8-11,20,22H,4-7,12-19,21H2,1H3,(H,33,37)(H,34,39)/t22-/m1/s1. The van der Waals surface area contributed by atoms with E-state index in [0.29, 0.717) is 60.8 Å². The first-order valence-corrected chi connectivity index (χ1v) is 14.9. The number of amides is 3. The summed E-state index contributed by atoms with van der Waals surface area (Å²) in [5.74, 6) is 0.287. The zero-order valence-corrected chi connectivity index (χ0v) is 24.0. The Balaban J connectivity index is 1.27. The minimum absolute atomic E-state index is 0.0131. The number of rotatable bonds is 2. The van der Waals surface area contributed by atoms with Crippen molar-refractivity contribution in [3.05, 3.63) is 58.6 Å². The molecule has 9 heteroatoms. The molecule has 0 bridgehead atoms. The molecule has 3 aliphatic rings. The molecule has 2 aromatic carbocycles. The predicted octanol–water partition coefficient (Wildman–Crippen LogP) is 4.66. The first kappa shape index (κ1) is 28.3. The van der Waals surface area contributed by atoms with Crippen molar-refractivity contribution in [1.82, 2.24) is 15.5 Å². The van der Waals surface area contributed by atoms with E-state index in [1.165, 1.54) is 0 Å². The number of fused-ring (bicyclic) bond motifs is 1. The number of hydrogen-bond donors (Lipinski definition) is 2. The van der Waals surface area contributed by atoms with Crippen LogP contribution in [-0.4, -0.2) is 68.0 Å². The van der Waals surface area contributed by atoms with Crippen molar-refractivity contribution in [2.75, 3.05) is 44.2 Å². The quantitative estimate of drug-likeness (QED) is 0.552. The minimum Gasteiger partial charge on any atom is -0.491 e. The summed E-state index contributed by atoms with van der Waals surface area (Å²) >= 11 is 6.50. The molecule has 2 fully saturated rings. The van der Waals surface area contributed by atoms with Gasteiger partial charge in [-0.1, -0.05) is 30.2 Å². The van der Waals surface area contributed by atoms with Gasteiger partial charge in [0.25, 0.3) is 11.8 Å². The number of piperidine rings is 1. The third-order valence-corrected chi connectivity index (χ3v) is 8.84. The highest BCUT2D eigenvalue weighted by Gasteiger charge is 2.42. The average Bonchev–Trinajstić information content (AvgIpc) is 3.51. The van der Waals surface area contributed by atoms with Gasteiger partial charge in [-0.15, -0.1) is 0 Å². The van der Waals surface area contributed by atoms with E-state index in [2.05, 4.69) is 15.5 Å². The Hall–Kier alpha value is -3.26. The van der Waals surface area contributed by atoms with Gasteiger partial charge < -0.3 is 25.2 Å². The second-order valence-electron chi connectivity index (χ2n) is 11.3. The van der Waals surface area contributed by atoms with Gasteiger partial charge in [0.2, 0.25) is 5.91 Å². The number of carbonyl (C=O) groups is 3. The number of likely N-dealkylation sites (tertiary alicyclic amines) is 1. The first-order valence-electron chi connectivity index (χ1n) is 14.5. The molecule has 2 N–H and O–H groups in total. The van der Waals surface area contributed by atoms with Crippen molar-refractivity contribution < 1.29 is 19.1 Å². The molecule has 3 heterocycles. The molecular weight excluding hydrogens is 528 g/mol. The van der Waals surface area contributed by atoms with Crippen LogP contribution in [0.1, 0.15) is 72.6 Å². The third kappa shape index (κ3) is 6.22. The Morgan fingerprint density at radius 1 is 0.975 bits per heavy atom. The van der Waals surface area contributed by atoms with Crippen LogP contribution in [-0.2, 0) is 4.79 Å². The molecule has 214 valence electrons. The van der Waals surface area contributed by atoms with Gasteiger partial charge in [-0.25, -0.2) is 0 Å². The molecule has 2 saturated heterocycles. The number of anilines is 1. The molecule has 0 radical (unpaired) electrons. The van der Waals surface area contributed by atoms with Crippen LogP contribution < -0.4 is 20.3 Å². The van der Waals surface area contributed by atoms with E-state index in [-0.39, 0.29) is 30.4 Å². The van der Waals surface area contributed by atoms with Gasteiger partial charge in [0.15, 0.2) is 0 Å². The van der Waals surface area contributed by atoms with Crippen LogP contribution in [0.3, 0.4) is 0 Å². The van der Waals surface area contributed by atoms with E-state index in [0.717, 1.165) is 44.5 Å². The van der Waals surface area contributed by atoms with E-state index in [9.17, 15) is 14.4 Å². The zero-order chi connectivity index (χ0) is 28.1. The molecule has 40 heavy (non-hydrogen) atoms.